The Morgan fingerprint density at radius 2 is 2.04 bits per heavy atom. The minimum absolute atomic E-state index is 0.325. The predicted molar refractivity (Wildman–Crippen MR) is 102 cm³/mol. The first-order chi connectivity index (χ1) is 12.7. The van der Waals surface area contributed by atoms with E-state index in [1.165, 1.54) is 0 Å². The van der Waals surface area contributed by atoms with Crippen LogP contribution >= 0.6 is 0 Å². The largest absolute Gasteiger partial charge is 0.494 e. The van der Waals surface area contributed by atoms with Gasteiger partial charge >= 0.3 is 0 Å². The molecular formula is C19H27N3O4. The number of nitrogens with zero attached hydrogens (tertiary/aromatic N) is 1. The topological polar surface area (TPSA) is 91.2 Å². The molecule has 0 radical (unpaired) electrons. The van der Waals surface area contributed by atoms with Gasteiger partial charge in [-0.15, -0.1) is 0 Å². The quantitative estimate of drug-likeness (QED) is 0.362. The molecule has 1 aromatic heterocycles. The smallest absolute Gasteiger partial charge is 0.193 e. The number of furan rings is 1. The molecule has 0 bridgehead atoms. The number of rotatable bonds is 11. The summed E-state index contributed by atoms with van der Waals surface area (Å²) in [6, 6.07) is 9.29. The zero-order valence-corrected chi connectivity index (χ0v) is 15.4. The van der Waals surface area contributed by atoms with Crippen LogP contribution in [0.5, 0.6) is 11.5 Å². The molecule has 0 aliphatic carbocycles. The number of hydrogen-bond acceptors (Lipinski definition) is 5. The molecule has 0 fully saturated rings. The molecule has 1 heterocycles. The van der Waals surface area contributed by atoms with Crippen LogP contribution in [-0.2, 0) is 11.3 Å². The van der Waals surface area contributed by atoms with Crippen molar-refractivity contribution in [2.45, 2.75) is 26.9 Å². The standard InChI is InChI=1S/C19H27N3O4/c1-3-24-15-8-9-18(25-4-2)17(13-15)22-19(20)21-10-6-11-23-14-16-7-5-12-26-16/h5,7-9,12-13H,3-4,6,10-11,14H2,1-2H3,(H3,20,21,22). The molecular weight excluding hydrogens is 334 g/mol. The Bertz CT molecular complexity index is 671. The summed E-state index contributed by atoms with van der Waals surface area (Å²) in [6.45, 7) is 6.63. The maximum absolute atomic E-state index is 5.97. The lowest BCUT2D eigenvalue weighted by atomic mass is 10.2. The number of aliphatic imine (C=N–C) groups is 1. The second kappa shape index (κ2) is 11.0. The number of guanidine groups is 1. The van der Waals surface area contributed by atoms with E-state index in [-0.39, 0.29) is 0 Å². The number of anilines is 1. The van der Waals surface area contributed by atoms with Crippen molar-refractivity contribution < 1.29 is 18.6 Å². The van der Waals surface area contributed by atoms with Crippen LogP contribution in [0, 0.1) is 0 Å². The second-order valence-corrected chi connectivity index (χ2v) is 5.40. The van der Waals surface area contributed by atoms with Crippen molar-refractivity contribution in [2.24, 2.45) is 10.7 Å². The lowest BCUT2D eigenvalue weighted by Gasteiger charge is -2.14. The number of benzene rings is 1. The molecule has 7 nitrogen and oxygen atoms in total. The van der Waals surface area contributed by atoms with Gasteiger partial charge in [0, 0.05) is 19.2 Å². The average molecular weight is 361 g/mol. The average Bonchev–Trinajstić information content (AvgIpc) is 3.14. The summed E-state index contributed by atoms with van der Waals surface area (Å²) < 4.78 is 21.8. The van der Waals surface area contributed by atoms with Crippen LogP contribution in [0.1, 0.15) is 26.0 Å². The van der Waals surface area contributed by atoms with Crippen LogP contribution in [0.15, 0.2) is 46.0 Å². The van der Waals surface area contributed by atoms with Gasteiger partial charge in [-0.05, 0) is 44.5 Å². The highest BCUT2D eigenvalue weighted by Crippen LogP contribution is 2.29. The van der Waals surface area contributed by atoms with E-state index in [4.69, 9.17) is 24.4 Å². The number of ether oxygens (including phenoxy) is 3. The minimum atomic E-state index is 0.325. The van der Waals surface area contributed by atoms with E-state index in [0.29, 0.717) is 44.7 Å². The molecule has 2 aromatic rings. The van der Waals surface area contributed by atoms with Crippen LogP contribution in [0.3, 0.4) is 0 Å². The Kier molecular flexibility index (Phi) is 8.35. The molecule has 0 unspecified atom stereocenters. The lowest BCUT2D eigenvalue weighted by molar-refractivity contribution is 0.105. The molecule has 26 heavy (non-hydrogen) atoms. The van der Waals surface area contributed by atoms with Crippen LogP contribution in [0.25, 0.3) is 0 Å². The van der Waals surface area contributed by atoms with Crippen molar-refractivity contribution in [2.75, 3.05) is 31.7 Å². The summed E-state index contributed by atoms with van der Waals surface area (Å²) in [6.07, 6.45) is 2.40. The molecule has 7 heteroatoms. The van der Waals surface area contributed by atoms with Gasteiger partial charge in [0.1, 0.15) is 23.9 Å². The Morgan fingerprint density at radius 1 is 1.19 bits per heavy atom. The zero-order chi connectivity index (χ0) is 18.6. The minimum Gasteiger partial charge on any atom is -0.494 e. The van der Waals surface area contributed by atoms with Gasteiger partial charge in [0.2, 0.25) is 0 Å². The molecule has 0 amide bonds. The Labute approximate surface area is 154 Å². The van der Waals surface area contributed by atoms with E-state index in [9.17, 15) is 0 Å². The van der Waals surface area contributed by atoms with Crippen LogP contribution in [0.4, 0.5) is 5.69 Å². The third-order valence-corrected chi connectivity index (χ3v) is 3.38. The molecule has 1 aromatic carbocycles. The van der Waals surface area contributed by atoms with Gasteiger partial charge < -0.3 is 29.7 Å². The first kappa shape index (κ1) is 19.7. The molecule has 3 N–H and O–H groups in total. The normalized spacial score (nSPS) is 11.4. The van der Waals surface area contributed by atoms with Gasteiger partial charge in [-0.2, -0.15) is 0 Å². The van der Waals surface area contributed by atoms with E-state index in [1.54, 1.807) is 6.26 Å². The van der Waals surface area contributed by atoms with Crippen molar-refractivity contribution >= 4 is 11.6 Å². The Morgan fingerprint density at radius 3 is 2.77 bits per heavy atom. The summed E-state index contributed by atoms with van der Waals surface area (Å²) in [5, 5.41) is 3.07. The third kappa shape index (κ3) is 6.68. The molecule has 0 spiro atoms. The maximum Gasteiger partial charge on any atom is 0.193 e. The summed E-state index contributed by atoms with van der Waals surface area (Å²) in [4.78, 5) is 4.31. The van der Waals surface area contributed by atoms with Gasteiger partial charge in [0.15, 0.2) is 5.96 Å². The van der Waals surface area contributed by atoms with E-state index < -0.39 is 0 Å². The van der Waals surface area contributed by atoms with E-state index >= 15 is 0 Å². The molecule has 0 saturated carbocycles. The zero-order valence-electron chi connectivity index (χ0n) is 15.4. The fourth-order valence-electron chi connectivity index (χ4n) is 2.26. The van der Waals surface area contributed by atoms with Crippen molar-refractivity contribution in [3.63, 3.8) is 0 Å². The van der Waals surface area contributed by atoms with Crippen molar-refractivity contribution in [1.29, 1.82) is 0 Å². The molecule has 0 aliphatic heterocycles. The Balaban J connectivity index is 1.80. The van der Waals surface area contributed by atoms with Crippen molar-refractivity contribution in [1.82, 2.24) is 0 Å². The first-order valence-corrected chi connectivity index (χ1v) is 8.79. The lowest BCUT2D eigenvalue weighted by Crippen LogP contribution is -2.23. The molecule has 0 saturated heterocycles. The highest BCUT2D eigenvalue weighted by Gasteiger charge is 2.07. The Hall–Kier alpha value is -2.67. The summed E-state index contributed by atoms with van der Waals surface area (Å²) in [5.74, 6) is 2.59. The van der Waals surface area contributed by atoms with Crippen LogP contribution < -0.4 is 20.5 Å². The first-order valence-electron chi connectivity index (χ1n) is 8.79. The van der Waals surface area contributed by atoms with E-state index in [0.717, 1.165) is 23.6 Å². The van der Waals surface area contributed by atoms with Gasteiger partial charge in [-0.3, -0.25) is 4.99 Å². The predicted octanol–water partition coefficient (Wildman–Crippen LogP) is 3.41. The second-order valence-electron chi connectivity index (χ2n) is 5.40. The third-order valence-electron chi connectivity index (χ3n) is 3.38. The van der Waals surface area contributed by atoms with Crippen LogP contribution in [0.2, 0.25) is 0 Å². The molecule has 0 atom stereocenters. The van der Waals surface area contributed by atoms with Gasteiger partial charge in [0.25, 0.3) is 0 Å². The van der Waals surface area contributed by atoms with Crippen LogP contribution in [-0.4, -0.2) is 32.3 Å². The van der Waals surface area contributed by atoms with Gasteiger partial charge in [-0.25, -0.2) is 0 Å². The maximum atomic E-state index is 5.97. The van der Waals surface area contributed by atoms with Crippen molar-refractivity contribution in [3.05, 3.63) is 42.4 Å². The molecule has 0 aliphatic rings. The SMILES string of the molecule is CCOc1ccc(OCC)c(NC(N)=NCCCOCc2ccco2)c1. The van der Waals surface area contributed by atoms with Crippen molar-refractivity contribution in [3.8, 4) is 11.5 Å². The summed E-state index contributed by atoms with van der Waals surface area (Å²) in [7, 11) is 0. The number of nitrogens with two attached hydrogens (primary N) is 1. The van der Waals surface area contributed by atoms with E-state index in [1.807, 2.05) is 44.2 Å². The summed E-state index contributed by atoms with van der Waals surface area (Å²) >= 11 is 0. The molecule has 142 valence electrons. The van der Waals surface area contributed by atoms with Gasteiger partial charge in [-0.1, -0.05) is 0 Å². The van der Waals surface area contributed by atoms with E-state index in [2.05, 4.69) is 10.3 Å². The molecule has 2 rings (SSSR count). The summed E-state index contributed by atoms with van der Waals surface area (Å²) in [5.41, 5.74) is 6.70. The highest BCUT2D eigenvalue weighted by atomic mass is 16.5. The highest BCUT2D eigenvalue weighted by molar-refractivity contribution is 5.94. The fourth-order valence-corrected chi connectivity index (χ4v) is 2.26. The van der Waals surface area contributed by atoms with Gasteiger partial charge in [0.05, 0.1) is 25.2 Å². The monoisotopic (exact) mass is 361 g/mol. The number of nitrogens with one attached hydrogen (secondary N) is 1. The number of hydrogen-bond donors (Lipinski definition) is 2. The fraction of sp³-hybridized carbons (Fsp3) is 0.421.